The molecule has 0 fully saturated rings. The molecule has 2 rings (SSSR count). The highest BCUT2D eigenvalue weighted by atomic mass is 16.5. The Kier molecular flexibility index (Phi) is 7.04. The van der Waals surface area contributed by atoms with Crippen molar-refractivity contribution >= 4 is 11.6 Å². The second-order valence-corrected chi connectivity index (χ2v) is 6.87. The van der Waals surface area contributed by atoms with Crippen LogP contribution in [0.3, 0.4) is 0 Å². The third kappa shape index (κ3) is 5.77. The Balaban J connectivity index is 1.90. The number of anilines is 1. The van der Waals surface area contributed by atoms with E-state index in [1.165, 1.54) is 5.56 Å². The molecule has 2 aromatic carbocycles. The number of carbonyl (C=O) groups is 1. The molecular formula is C21H29N3O2. The highest BCUT2D eigenvalue weighted by Gasteiger charge is 2.15. The van der Waals surface area contributed by atoms with Crippen molar-refractivity contribution in [2.24, 2.45) is 0 Å². The van der Waals surface area contributed by atoms with Gasteiger partial charge in [-0.25, -0.2) is 0 Å². The third-order valence-corrected chi connectivity index (χ3v) is 4.27. The zero-order valence-electron chi connectivity index (χ0n) is 16.3. The highest BCUT2D eigenvalue weighted by molar-refractivity contribution is 5.77. The van der Waals surface area contributed by atoms with Crippen molar-refractivity contribution in [3.8, 4) is 5.75 Å². The van der Waals surface area contributed by atoms with Gasteiger partial charge in [0, 0.05) is 26.3 Å². The minimum Gasteiger partial charge on any atom is -0.484 e. The van der Waals surface area contributed by atoms with Gasteiger partial charge >= 0.3 is 0 Å². The largest absolute Gasteiger partial charge is 0.484 e. The maximum absolute atomic E-state index is 12.1. The maximum atomic E-state index is 12.1. The predicted octanol–water partition coefficient (Wildman–Crippen LogP) is 2.86. The number of likely N-dealkylation sites (N-methyl/N-ethyl adjacent to an activating group) is 1. The van der Waals surface area contributed by atoms with E-state index in [-0.39, 0.29) is 18.6 Å². The van der Waals surface area contributed by atoms with Crippen molar-refractivity contribution < 1.29 is 9.53 Å². The lowest BCUT2D eigenvalue weighted by Crippen LogP contribution is -2.36. The van der Waals surface area contributed by atoms with E-state index in [1.807, 2.05) is 59.4 Å². The van der Waals surface area contributed by atoms with Crippen molar-refractivity contribution in [3.05, 3.63) is 59.7 Å². The van der Waals surface area contributed by atoms with E-state index in [0.717, 1.165) is 11.3 Å². The lowest BCUT2D eigenvalue weighted by atomic mass is 10.1. The lowest BCUT2D eigenvalue weighted by Gasteiger charge is -2.25. The lowest BCUT2D eigenvalue weighted by molar-refractivity contribution is -0.123. The fourth-order valence-electron chi connectivity index (χ4n) is 2.71. The molecule has 0 radical (unpaired) electrons. The van der Waals surface area contributed by atoms with Gasteiger partial charge in [0.25, 0.3) is 5.91 Å². The van der Waals surface area contributed by atoms with Crippen LogP contribution in [0.4, 0.5) is 5.69 Å². The van der Waals surface area contributed by atoms with E-state index >= 15 is 0 Å². The summed E-state index contributed by atoms with van der Waals surface area (Å²) in [5.41, 5.74) is 3.43. The summed E-state index contributed by atoms with van der Waals surface area (Å²) in [6, 6.07) is 16.2. The number of aryl methyl sites for hydroxylation is 1. The molecular weight excluding hydrogens is 326 g/mol. The maximum Gasteiger partial charge on any atom is 0.258 e. The molecule has 0 aliphatic carbocycles. The number of nitrogens with one attached hydrogen (secondary N) is 1. The van der Waals surface area contributed by atoms with E-state index in [2.05, 4.69) is 39.4 Å². The molecule has 0 aromatic heterocycles. The van der Waals surface area contributed by atoms with E-state index in [0.29, 0.717) is 12.3 Å². The molecule has 5 heteroatoms. The average molecular weight is 355 g/mol. The summed E-state index contributed by atoms with van der Waals surface area (Å²) in [6.45, 7) is 2.55. The van der Waals surface area contributed by atoms with Crippen molar-refractivity contribution in [3.63, 3.8) is 0 Å². The number of hydrogen-bond acceptors (Lipinski definition) is 4. The van der Waals surface area contributed by atoms with Gasteiger partial charge in [-0.2, -0.15) is 0 Å². The molecule has 0 aliphatic rings. The summed E-state index contributed by atoms with van der Waals surface area (Å²) >= 11 is 0. The van der Waals surface area contributed by atoms with E-state index in [4.69, 9.17) is 4.74 Å². The van der Waals surface area contributed by atoms with Crippen LogP contribution in [-0.2, 0) is 4.79 Å². The van der Waals surface area contributed by atoms with Crippen molar-refractivity contribution in [1.29, 1.82) is 0 Å². The molecule has 0 saturated heterocycles. The SMILES string of the molecule is Cc1cccc(OCC(=O)NCC(c2ccc(N(C)C)cc2)N(C)C)c1. The molecule has 5 nitrogen and oxygen atoms in total. The van der Waals surface area contributed by atoms with Crippen LogP contribution in [-0.4, -0.2) is 52.1 Å². The van der Waals surface area contributed by atoms with Gasteiger partial charge < -0.3 is 19.9 Å². The normalized spacial score (nSPS) is 11.9. The number of amides is 1. The number of carbonyl (C=O) groups excluding carboxylic acids is 1. The molecule has 2 aromatic rings. The Morgan fingerprint density at radius 3 is 2.35 bits per heavy atom. The highest BCUT2D eigenvalue weighted by Crippen LogP contribution is 2.21. The van der Waals surface area contributed by atoms with Crippen LogP contribution >= 0.6 is 0 Å². The van der Waals surface area contributed by atoms with Crippen molar-refractivity contribution in [1.82, 2.24) is 10.2 Å². The van der Waals surface area contributed by atoms with Gasteiger partial charge in [0.15, 0.2) is 6.61 Å². The van der Waals surface area contributed by atoms with Crippen LogP contribution < -0.4 is 15.0 Å². The van der Waals surface area contributed by atoms with E-state index in [1.54, 1.807) is 0 Å². The molecule has 0 spiro atoms. The topological polar surface area (TPSA) is 44.8 Å². The average Bonchev–Trinajstić information content (AvgIpc) is 2.60. The van der Waals surface area contributed by atoms with E-state index in [9.17, 15) is 4.79 Å². The zero-order chi connectivity index (χ0) is 19.1. The summed E-state index contributed by atoms with van der Waals surface area (Å²) in [4.78, 5) is 16.3. The third-order valence-electron chi connectivity index (χ3n) is 4.27. The quantitative estimate of drug-likeness (QED) is 0.791. The molecule has 0 aliphatic heterocycles. The number of hydrogen-bond donors (Lipinski definition) is 1. The minimum atomic E-state index is -0.122. The number of ether oxygens (including phenoxy) is 1. The smallest absolute Gasteiger partial charge is 0.258 e. The van der Waals surface area contributed by atoms with Crippen molar-refractivity contribution in [2.75, 3.05) is 46.2 Å². The predicted molar refractivity (Wildman–Crippen MR) is 107 cm³/mol. The van der Waals surface area contributed by atoms with Gasteiger partial charge in [-0.3, -0.25) is 4.79 Å². The fourth-order valence-corrected chi connectivity index (χ4v) is 2.71. The molecule has 1 atom stereocenters. The zero-order valence-corrected chi connectivity index (χ0v) is 16.3. The van der Waals surface area contributed by atoms with Crippen LogP contribution in [0.2, 0.25) is 0 Å². The second-order valence-electron chi connectivity index (χ2n) is 6.87. The first-order valence-corrected chi connectivity index (χ1v) is 8.76. The molecule has 0 bridgehead atoms. The number of rotatable bonds is 8. The van der Waals surface area contributed by atoms with Gasteiger partial charge in [-0.05, 0) is 56.4 Å². The Hall–Kier alpha value is -2.53. The van der Waals surface area contributed by atoms with E-state index < -0.39 is 0 Å². The first-order valence-electron chi connectivity index (χ1n) is 8.76. The molecule has 0 saturated carbocycles. The molecule has 26 heavy (non-hydrogen) atoms. The van der Waals surface area contributed by atoms with Gasteiger partial charge in [-0.1, -0.05) is 24.3 Å². The van der Waals surface area contributed by atoms with Crippen LogP contribution in [0.25, 0.3) is 0 Å². The molecule has 1 N–H and O–H groups in total. The summed E-state index contributed by atoms with van der Waals surface area (Å²) in [7, 11) is 8.07. The standard InChI is InChI=1S/C21H29N3O2/c1-16-7-6-8-19(13-16)26-15-21(25)22-14-20(24(4)5)17-9-11-18(12-10-17)23(2)3/h6-13,20H,14-15H2,1-5H3,(H,22,25). The van der Waals surface area contributed by atoms with Crippen molar-refractivity contribution in [2.45, 2.75) is 13.0 Å². The molecule has 0 heterocycles. The first-order chi connectivity index (χ1) is 12.4. The van der Waals surface area contributed by atoms with Crippen LogP contribution in [0, 0.1) is 6.92 Å². The Bertz CT molecular complexity index is 711. The number of benzene rings is 2. The van der Waals surface area contributed by atoms with Gasteiger partial charge in [0.05, 0.1) is 6.04 Å². The monoisotopic (exact) mass is 355 g/mol. The van der Waals surface area contributed by atoms with Gasteiger partial charge in [0.2, 0.25) is 0 Å². The summed E-state index contributed by atoms with van der Waals surface area (Å²) < 4.78 is 5.56. The first kappa shape index (κ1) is 19.8. The number of nitrogens with zero attached hydrogens (tertiary/aromatic N) is 2. The fraction of sp³-hybridized carbons (Fsp3) is 0.381. The summed E-state index contributed by atoms with van der Waals surface area (Å²) in [5.74, 6) is 0.590. The molecule has 1 amide bonds. The molecule has 1 unspecified atom stereocenters. The Morgan fingerprint density at radius 1 is 1.08 bits per heavy atom. The Labute approximate surface area is 156 Å². The van der Waals surface area contributed by atoms with Gasteiger partial charge in [-0.15, -0.1) is 0 Å². The summed E-state index contributed by atoms with van der Waals surface area (Å²) in [6.07, 6.45) is 0. The minimum absolute atomic E-state index is 0.0170. The second kappa shape index (κ2) is 9.25. The van der Waals surface area contributed by atoms with Gasteiger partial charge in [0.1, 0.15) is 5.75 Å². The summed E-state index contributed by atoms with van der Waals surface area (Å²) in [5, 5.41) is 2.97. The Morgan fingerprint density at radius 2 is 1.77 bits per heavy atom. The molecule has 140 valence electrons. The van der Waals surface area contributed by atoms with Crippen LogP contribution in [0.15, 0.2) is 48.5 Å². The van der Waals surface area contributed by atoms with Crippen LogP contribution in [0.1, 0.15) is 17.2 Å². The van der Waals surface area contributed by atoms with Crippen LogP contribution in [0.5, 0.6) is 5.75 Å².